The highest BCUT2D eigenvalue weighted by molar-refractivity contribution is 5.75. The molecule has 1 unspecified atom stereocenters. The Morgan fingerprint density at radius 1 is 0.846 bits per heavy atom. The van der Waals surface area contributed by atoms with Gasteiger partial charge in [-0.1, -0.05) is 58.9 Å². The molecule has 5 nitrogen and oxygen atoms in total. The maximum atomic E-state index is 14.0. The summed E-state index contributed by atoms with van der Waals surface area (Å²) in [6, 6.07) is 0. The molecule has 7 rings (SSSR count). The monoisotopic (exact) mass is 722 g/mol. The van der Waals surface area contributed by atoms with Gasteiger partial charge in [0.15, 0.2) is 0 Å². The highest BCUT2D eigenvalue weighted by atomic mass is 19.1. The van der Waals surface area contributed by atoms with Gasteiger partial charge in [0.25, 0.3) is 0 Å². The van der Waals surface area contributed by atoms with Crippen LogP contribution in [0.5, 0.6) is 0 Å². The van der Waals surface area contributed by atoms with Crippen LogP contribution in [0.1, 0.15) is 158 Å². The number of carboxylic acid groups (broad SMARTS) is 1. The number of fused-ring (bicyclic) bond motifs is 7. The van der Waals surface area contributed by atoms with E-state index in [-0.39, 0.29) is 33.6 Å². The summed E-state index contributed by atoms with van der Waals surface area (Å²) in [5, 5.41) is 36.0. The van der Waals surface area contributed by atoms with Crippen molar-refractivity contribution in [3.05, 3.63) is 35.5 Å². The van der Waals surface area contributed by atoms with Crippen molar-refractivity contribution < 1.29 is 24.5 Å². The summed E-state index contributed by atoms with van der Waals surface area (Å²) >= 11 is 0. The predicted molar refractivity (Wildman–Crippen MR) is 207 cm³/mol. The zero-order valence-electron chi connectivity index (χ0n) is 33.8. The molecule has 0 bridgehead atoms. The van der Waals surface area contributed by atoms with Crippen LogP contribution in [0, 0.1) is 56.7 Å². The summed E-state index contributed by atoms with van der Waals surface area (Å²) in [6.45, 7) is 21.8. The van der Waals surface area contributed by atoms with Crippen molar-refractivity contribution in [2.45, 2.75) is 174 Å². The normalized spacial score (nSPS) is 49.8. The number of hydrogen-bond donors (Lipinski definition) is 4. The molecule has 0 heterocycles. The first-order valence-corrected chi connectivity index (χ1v) is 21.3. The van der Waals surface area contributed by atoms with Crippen molar-refractivity contribution in [2.75, 3.05) is 13.2 Å². The van der Waals surface area contributed by atoms with Gasteiger partial charge in [0, 0.05) is 5.54 Å². The molecule has 10 atom stereocenters. The minimum absolute atomic E-state index is 0.0167. The zero-order chi connectivity index (χ0) is 37.8. The lowest BCUT2D eigenvalue weighted by atomic mass is 9.33. The summed E-state index contributed by atoms with van der Waals surface area (Å²) in [6.07, 6.45) is 20.4. The molecule has 0 saturated heterocycles. The maximum Gasteiger partial charge on any atom is 0.312 e. The quantitative estimate of drug-likeness (QED) is 0.187. The van der Waals surface area contributed by atoms with Crippen LogP contribution < -0.4 is 5.32 Å². The van der Waals surface area contributed by atoms with E-state index in [1.807, 2.05) is 6.92 Å². The Kier molecular flexibility index (Phi) is 9.52. The van der Waals surface area contributed by atoms with E-state index in [0.29, 0.717) is 68.1 Å². The van der Waals surface area contributed by atoms with E-state index in [0.717, 1.165) is 19.4 Å². The third kappa shape index (κ3) is 5.70. The molecule has 0 aromatic heterocycles. The largest absolute Gasteiger partial charge is 0.481 e. The highest BCUT2D eigenvalue weighted by Gasteiger charge is 2.70. The number of carboxylic acids is 1. The van der Waals surface area contributed by atoms with E-state index < -0.39 is 29.3 Å². The van der Waals surface area contributed by atoms with Crippen LogP contribution in [-0.4, -0.2) is 51.2 Å². The Hall–Kier alpha value is -1.50. The average Bonchev–Trinajstić information content (AvgIpc) is 3.46. The molecule has 0 spiro atoms. The van der Waals surface area contributed by atoms with Crippen LogP contribution in [0.3, 0.4) is 0 Å². The third-order valence-electron chi connectivity index (χ3n) is 18.6. The van der Waals surface area contributed by atoms with Gasteiger partial charge < -0.3 is 20.6 Å². The smallest absolute Gasteiger partial charge is 0.312 e. The summed E-state index contributed by atoms with van der Waals surface area (Å²) < 4.78 is 14.0. The topological polar surface area (TPSA) is 89.8 Å². The van der Waals surface area contributed by atoms with E-state index in [4.69, 9.17) is 0 Å². The van der Waals surface area contributed by atoms with Crippen LogP contribution >= 0.6 is 0 Å². The molecule has 7 aliphatic carbocycles. The Bertz CT molecular complexity index is 1500. The van der Waals surface area contributed by atoms with Crippen LogP contribution in [0.2, 0.25) is 0 Å². The lowest BCUT2D eigenvalue weighted by Gasteiger charge is -2.72. The van der Waals surface area contributed by atoms with Crippen LogP contribution in [0.4, 0.5) is 4.39 Å². The predicted octanol–water partition coefficient (Wildman–Crippen LogP) is 10.1. The Balaban J connectivity index is 1.13. The molecular weight excluding hydrogens is 650 g/mol. The second-order valence-electron chi connectivity index (χ2n) is 21.4. The molecular formula is C46H72FNO4. The number of halogens is 1. The van der Waals surface area contributed by atoms with E-state index in [9.17, 15) is 24.5 Å². The number of hydrogen-bond acceptors (Lipinski definition) is 4. The number of alkyl halides is 1. The molecule has 292 valence electrons. The maximum absolute atomic E-state index is 14.0. The summed E-state index contributed by atoms with van der Waals surface area (Å²) in [5.41, 5.74) is 2.23. The second-order valence-corrected chi connectivity index (χ2v) is 21.4. The number of allylic oxidation sites excluding steroid dienone is 5. The molecule has 5 fully saturated rings. The first-order valence-electron chi connectivity index (χ1n) is 21.3. The van der Waals surface area contributed by atoms with Crippen molar-refractivity contribution in [3.8, 4) is 0 Å². The number of aliphatic hydroxyl groups is 2. The van der Waals surface area contributed by atoms with E-state index >= 15 is 0 Å². The molecule has 0 radical (unpaired) electrons. The SMILES string of the molecule is C=C(C)[C@@H]1CC[C@]2(NCC[C@]3(O)CC[C@](C)(O)CC3)CC[C@]3(C)[C@H](CC[C@@H]4[C@@]5(C)CC=C(C6=CCC(CF)(C(=O)O)CC6)C(C)(C)[C@@H]5CC[C@]43C)[C@@H]12. The van der Waals surface area contributed by atoms with Gasteiger partial charge in [-0.15, -0.1) is 0 Å². The first-order chi connectivity index (χ1) is 24.2. The van der Waals surface area contributed by atoms with Gasteiger partial charge in [0.2, 0.25) is 0 Å². The molecule has 52 heavy (non-hydrogen) atoms. The number of carbonyl (C=O) groups is 1. The average molecular weight is 722 g/mol. The van der Waals surface area contributed by atoms with Gasteiger partial charge in [0.05, 0.1) is 16.6 Å². The summed E-state index contributed by atoms with van der Waals surface area (Å²) in [4.78, 5) is 12.0. The fraction of sp³-hybridized carbons (Fsp3) is 0.848. The van der Waals surface area contributed by atoms with Crippen molar-refractivity contribution in [1.29, 1.82) is 0 Å². The van der Waals surface area contributed by atoms with E-state index in [1.165, 1.54) is 68.1 Å². The van der Waals surface area contributed by atoms with Crippen molar-refractivity contribution in [3.63, 3.8) is 0 Å². The number of nitrogens with one attached hydrogen (secondary N) is 1. The Morgan fingerprint density at radius 3 is 2.17 bits per heavy atom. The number of rotatable bonds is 8. The highest BCUT2D eigenvalue weighted by Crippen LogP contribution is 2.76. The van der Waals surface area contributed by atoms with Gasteiger partial charge in [-0.2, -0.15) is 0 Å². The number of aliphatic carboxylic acids is 1. The molecule has 0 amide bonds. The molecule has 7 aliphatic rings. The van der Waals surface area contributed by atoms with Crippen LogP contribution in [0.25, 0.3) is 0 Å². The Labute approximate surface area is 314 Å². The fourth-order valence-corrected chi connectivity index (χ4v) is 15.2. The van der Waals surface area contributed by atoms with Gasteiger partial charge in [0.1, 0.15) is 6.67 Å². The molecule has 6 heteroatoms. The second kappa shape index (κ2) is 12.8. The molecule has 4 N–H and O–H groups in total. The minimum Gasteiger partial charge on any atom is -0.481 e. The van der Waals surface area contributed by atoms with Gasteiger partial charge in [-0.05, 0) is 192 Å². The fourth-order valence-electron chi connectivity index (χ4n) is 15.2. The van der Waals surface area contributed by atoms with Crippen molar-refractivity contribution in [1.82, 2.24) is 5.32 Å². The van der Waals surface area contributed by atoms with Crippen LogP contribution in [0.15, 0.2) is 35.5 Å². The van der Waals surface area contributed by atoms with E-state index in [1.54, 1.807) is 0 Å². The van der Waals surface area contributed by atoms with Gasteiger partial charge in [-0.3, -0.25) is 4.79 Å². The lowest BCUT2D eigenvalue weighted by Crippen LogP contribution is -2.68. The van der Waals surface area contributed by atoms with Crippen molar-refractivity contribution in [2.24, 2.45) is 56.7 Å². The van der Waals surface area contributed by atoms with Crippen molar-refractivity contribution >= 4 is 5.97 Å². The summed E-state index contributed by atoms with van der Waals surface area (Å²) in [5.74, 6) is 1.96. The summed E-state index contributed by atoms with van der Waals surface area (Å²) in [7, 11) is 0. The van der Waals surface area contributed by atoms with Gasteiger partial charge >= 0.3 is 5.97 Å². The lowest BCUT2D eigenvalue weighted by molar-refractivity contribution is -0.221. The Morgan fingerprint density at radius 2 is 1.56 bits per heavy atom. The molecule has 5 saturated carbocycles. The third-order valence-corrected chi connectivity index (χ3v) is 18.6. The standard InChI is InChI=1S/C46H72FNO4/c1-30(2)32-13-20-46(48-28-27-45(52)24-21-40(5,51)22-25-45)26-23-42(7)34(37(32)46)9-10-36-41(6)16-14-33(39(3,4)35(41)15-17-43(36,42)8)31-11-18-44(29-47,19-12-31)38(49)50/h11,14,32,34-37,48,51-52H,1,9-10,12-13,15-29H2,2-8H3,(H,49,50)/t32-,34+,35-,36+,37+,40-,41-,42+,43+,44?,45-,46-/m0/s1. The molecule has 0 aliphatic heterocycles. The van der Waals surface area contributed by atoms with Gasteiger partial charge in [-0.25, -0.2) is 4.39 Å². The molecule has 0 aromatic carbocycles. The van der Waals surface area contributed by atoms with E-state index in [2.05, 4.69) is 65.6 Å². The van der Waals surface area contributed by atoms with Crippen LogP contribution in [-0.2, 0) is 4.79 Å². The first kappa shape index (κ1) is 38.8. The minimum atomic E-state index is -1.26. The molecule has 0 aromatic rings. The zero-order valence-corrected chi connectivity index (χ0v) is 33.8.